The first kappa shape index (κ1) is 20.6. The highest BCUT2D eigenvalue weighted by Gasteiger charge is 2.27. The number of fused-ring (bicyclic) bond motifs is 1. The number of amides is 1. The van der Waals surface area contributed by atoms with Crippen LogP contribution >= 0.6 is 11.3 Å². The van der Waals surface area contributed by atoms with E-state index in [0.29, 0.717) is 22.7 Å². The van der Waals surface area contributed by atoms with Crippen molar-refractivity contribution in [1.29, 1.82) is 0 Å². The van der Waals surface area contributed by atoms with Crippen LogP contribution in [-0.2, 0) is 23.0 Å². The summed E-state index contributed by atoms with van der Waals surface area (Å²) in [5, 5.41) is 3.60. The van der Waals surface area contributed by atoms with E-state index in [2.05, 4.69) is 26.1 Å². The van der Waals surface area contributed by atoms with Crippen LogP contribution in [0.4, 0.5) is 5.00 Å². The van der Waals surface area contributed by atoms with E-state index >= 15 is 0 Å². The third-order valence-electron chi connectivity index (χ3n) is 5.05. The lowest BCUT2D eigenvalue weighted by molar-refractivity contribution is 0.0505. The summed E-state index contributed by atoms with van der Waals surface area (Å²) in [6, 6.07) is 7.67. The summed E-state index contributed by atoms with van der Waals surface area (Å²) >= 11 is 1.52. The number of benzene rings is 1. The van der Waals surface area contributed by atoms with E-state index in [4.69, 9.17) is 4.74 Å². The van der Waals surface area contributed by atoms with Crippen LogP contribution in [0.1, 0.15) is 83.7 Å². The number of nitrogens with one attached hydrogen (secondary N) is 1. The number of carbonyl (C=O) groups is 2. The zero-order valence-corrected chi connectivity index (χ0v) is 18.0. The summed E-state index contributed by atoms with van der Waals surface area (Å²) in [5.74, 6) is -0.511. The summed E-state index contributed by atoms with van der Waals surface area (Å²) in [6.07, 6.45) is 4.81. The van der Waals surface area contributed by atoms with Gasteiger partial charge in [0.1, 0.15) is 5.00 Å². The summed E-state index contributed by atoms with van der Waals surface area (Å²) < 4.78 is 5.40. The number of esters is 1. The Labute approximate surface area is 171 Å². The molecular weight excluding hydrogens is 370 g/mol. The van der Waals surface area contributed by atoms with Crippen LogP contribution in [-0.4, -0.2) is 18.5 Å². The second-order valence-corrected chi connectivity index (χ2v) is 9.44. The van der Waals surface area contributed by atoms with E-state index in [1.165, 1.54) is 21.8 Å². The number of ether oxygens (including phenoxy) is 1. The maximum Gasteiger partial charge on any atom is 0.341 e. The Morgan fingerprint density at radius 2 is 1.79 bits per heavy atom. The molecule has 1 aromatic heterocycles. The number of hydrogen-bond acceptors (Lipinski definition) is 4. The molecule has 0 atom stereocenters. The SMILES string of the molecule is CCCOC(=O)c1c(NC(=O)c2ccc(C(C)(C)C)cc2)sc2c1CCCC2. The first-order valence-corrected chi connectivity index (χ1v) is 10.9. The minimum absolute atomic E-state index is 0.0397. The first-order chi connectivity index (χ1) is 13.3. The molecule has 1 heterocycles. The molecule has 0 bridgehead atoms. The Balaban J connectivity index is 1.86. The molecule has 1 amide bonds. The Hall–Kier alpha value is -2.14. The van der Waals surface area contributed by atoms with Crippen molar-refractivity contribution in [3.63, 3.8) is 0 Å². The third-order valence-corrected chi connectivity index (χ3v) is 6.26. The van der Waals surface area contributed by atoms with Gasteiger partial charge in [-0.05, 0) is 60.8 Å². The molecule has 0 aliphatic heterocycles. The van der Waals surface area contributed by atoms with Gasteiger partial charge < -0.3 is 10.1 Å². The van der Waals surface area contributed by atoms with Gasteiger partial charge in [-0.15, -0.1) is 11.3 Å². The highest BCUT2D eigenvalue weighted by molar-refractivity contribution is 7.17. The maximum atomic E-state index is 12.8. The van der Waals surface area contributed by atoms with Gasteiger partial charge >= 0.3 is 5.97 Å². The lowest BCUT2D eigenvalue weighted by atomic mass is 9.87. The molecule has 0 unspecified atom stereocenters. The Kier molecular flexibility index (Phi) is 6.23. The highest BCUT2D eigenvalue weighted by atomic mass is 32.1. The standard InChI is InChI=1S/C23H29NO3S/c1-5-14-27-22(26)19-17-8-6-7-9-18(17)28-21(19)24-20(25)15-10-12-16(13-11-15)23(2,3)4/h10-13H,5-9,14H2,1-4H3,(H,24,25). The summed E-state index contributed by atoms with van der Waals surface area (Å²) in [4.78, 5) is 26.7. The summed E-state index contributed by atoms with van der Waals surface area (Å²) in [5.41, 5.74) is 3.44. The fourth-order valence-electron chi connectivity index (χ4n) is 3.43. The van der Waals surface area contributed by atoms with Crippen LogP contribution in [0.3, 0.4) is 0 Å². The first-order valence-electron chi connectivity index (χ1n) is 10.0. The van der Waals surface area contributed by atoms with Crippen molar-refractivity contribution in [3.05, 3.63) is 51.4 Å². The van der Waals surface area contributed by atoms with Crippen LogP contribution < -0.4 is 5.32 Å². The molecule has 1 aliphatic carbocycles. The minimum atomic E-state index is -0.320. The van der Waals surface area contributed by atoms with Gasteiger partial charge in [-0.25, -0.2) is 4.79 Å². The second kappa shape index (κ2) is 8.48. The molecule has 0 fully saturated rings. The predicted octanol–water partition coefficient (Wildman–Crippen LogP) is 5.74. The molecule has 3 rings (SSSR count). The van der Waals surface area contributed by atoms with Crippen LogP contribution in [0, 0.1) is 0 Å². The van der Waals surface area contributed by atoms with Gasteiger partial charge in [0.15, 0.2) is 0 Å². The van der Waals surface area contributed by atoms with Gasteiger partial charge in [0, 0.05) is 10.4 Å². The zero-order valence-electron chi connectivity index (χ0n) is 17.2. The van der Waals surface area contributed by atoms with Crippen LogP contribution in [0.5, 0.6) is 0 Å². The number of hydrogen-bond donors (Lipinski definition) is 1. The molecule has 1 N–H and O–H groups in total. The van der Waals surface area contributed by atoms with E-state index < -0.39 is 0 Å². The number of anilines is 1. The predicted molar refractivity (Wildman–Crippen MR) is 115 cm³/mol. The van der Waals surface area contributed by atoms with Crippen LogP contribution in [0.15, 0.2) is 24.3 Å². The molecule has 1 aromatic carbocycles. The molecule has 1 aliphatic rings. The molecule has 0 saturated carbocycles. The van der Waals surface area contributed by atoms with E-state index in [1.807, 2.05) is 31.2 Å². The van der Waals surface area contributed by atoms with Crippen molar-refractivity contribution in [2.45, 2.75) is 65.2 Å². The normalized spacial score (nSPS) is 13.7. The summed E-state index contributed by atoms with van der Waals surface area (Å²) in [7, 11) is 0. The second-order valence-electron chi connectivity index (χ2n) is 8.33. The largest absolute Gasteiger partial charge is 0.462 e. The number of carbonyl (C=O) groups excluding carboxylic acids is 2. The van der Waals surface area contributed by atoms with Crippen molar-refractivity contribution in [2.24, 2.45) is 0 Å². The molecular formula is C23H29NO3S. The molecule has 0 saturated heterocycles. The quantitative estimate of drug-likeness (QED) is 0.652. The lowest BCUT2D eigenvalue weighted by Gasteiger charge is -2.19. The molecule has 0 radical (unpaired) electrons. The smallest absolute Gasteiger partial charge is 0.341 e. The molecule has 0 spiro atoms. The van der Waals surface area contributed by atoms with Crippen molar-refractivity contribution in [1.82, 2.24) is 0 Å². The molecule has 5 heteroatoms. The molecule has 4 nitrogen and oxygen atoms in total. The van der Waals surface area contributed by atoms with Crippen LogP contribution in [0.25, 0.3) is 0 Å². The summed E-state index contributed by atoms with van der Waals surface area (Å²) in [6.45, 7) is 8.80. The van der Waals surface area contributed by atoms with Crippen molar-refractivity contribution in [3.8, 4) is 0 Å². The zero-order chi connectivity index (χ0) is 20.3. The van der Waals surface area contributed by atoms with Gasteiger partial charge in [-0.3, -0.25) is 4.79 Å². The number of aryl methyl sites for hydroxylation is 1. The minimum Gasteiger partial charge on any atom is -0.462 e. The van der Waals surface area contributed by atoms with Gasteiger partial charge in [-0.2, -0.15) is 0 Å². The average Bonchev–Trinajstić information content (AvgIpc) is 3.03. The fourth-order valence-corrected chi connectivity index (χ4v) is 4.71. The van der Waals surface area contributed by atoms with E-state index in [0.717, 1.165) is 37.7 Å². The third kappa shape index (κ3) is 4.46. The van der Waals surface area contributed by atoms with Gasteiger partial charge in [-0.1, -0.05) is 39.8 Å². The molecule has 2 aromatic rings. The molecule has 28 heavy (non-hydrogen) atoms. The topological polar surface area (TPSA) is 55.4 Å². The van der Waals surface area contributed by atoms with E-state index in [-0.39, 0.29) is 17.3 Å². The van der Waals surface area contributed by atoms with E-state index in [1.54, 1.807) is 0 Å². The van der Waals surface area contributed by atoms with Gasteiger partial charge in [0.05, 0.1) is 12.2 Å². The van der Waals surface area contributed by atoms with Crippen LogP contribution in [0.2, 0.25) is 0 Å². The Bertz CT molecular complexity index is 859. The van der Waals surface area contributed by atoms with Gasteiger partial charge in [0.2, 0.25) is 0 Å². The maximum absolute atomic E-state index is 12.8. The highest BCUT2D eigenvalue weighted by Crippen LogP contribution is 2.39. The number of thiophene rings is 1. The fraction of sp³-hybridized carbons (Fsp3) is 0.478. The number of rotatable bonds is 5. The Morgan fingerprint density at radius 1 is 1.11 bits per heavy atom. The van der Waals surface area contributed by atoms with Gasteiger partial charge in [0.25, 0.3) is 5.91 Å². The monoisotopic (exact) mass is 399 g/mol. The van der Waals surface area contributed by atoms with E-state index in [9.17, 15) is 9.59 Å². The average molecular weight is 400 g/mol. The molecule has 150 valence electrons. The lowest BCUT2D eigenvalue weighted by Crippen LogP contribution is -2.16. The van der Waals surface area contributed by atoms with Crippen molar-refractivity contribution >= 4 is 28.2 Å². The van der Waals surface area contributed by atoms with Crippen molar-refractivity contribution < 1.29 is 14.3 Å². The van der Waals surface area contributed by atoms with Crippen molar-refractivity contribution in [2.75, 3.05) is 11.9 Å². The Morgan fingerprint density at radius 3 is 2.43 bits per heavy atom.